The highest BCUT2D eigenvalue weighted by Gasteiger charge is 2.30. The molecule has 0 radical (unpaired) electrons. The molecular weight excluding hydrogens is 357 g/mol. The predicted molar refractivity (Wildman–Crippen MR) is 109 cm³/mol. The van der Waals surface area contributed by atoms with Crippen molar-refractivity contribution >= 4 is 23.2 Å². The van der Waals surface area contributed by atoms with Gasteiger partial charge >= 0.3 is 0 Å². The van der Waals surface area contributed by atoms with Crippen LogP contribution in [0.3, 0.4) is 0 Å². The van der Waals surface area contributed by atoms with Gasteiger partial charge < -0.3 is 10.6 Å². The highest BCUT2D eigenvalue weighted by atomic mass is 19.1. The Hall–Kier alpha value is -2.73. The number of para-hydroxylation sites is 1. The zero-order valence-corrected chi connectivity index (χ0v) is 16.3. The highest BCUT2D eigenvalue weighted by Crippen LogP contribution is 2.27. The van der Waals surface area contributed by atoms with Crippen molar-refractivity contribution in [1.29, 1.82) is 0 Å². The monoisotopic (exact) mass is 383 g/mol. The van der Waals surface area contributed by atoms with Crippen LogP contribution in [0.4, 0.5) is 15.8 Å². The minimum absolute atomic E-state index is 0.0664. The number of amides is 2. The number of carbonyl (C=O) groups excluding carboxylic acids is 2. The second-order valence-corrected chi connectivity index (χ2v) is 7.32. The summed E-state index contributed by atoms with van der Waals surface area (Å²) < 4.78 is 12.9. The van der Waals surface area contributed by atoms with E-state index in [0.717, 1.165) is 29.7 Å². The van der Waals surface area contributed by atoms with Gasteiger partial charge in [-0.05, 0) is 62.1 Å². The predicted octanol–water partition coefficient (Wildman–Crippen LogP) is 3.87. The molecular formula is C22H26FN3O2. The average molecular weight is 383 g/mol. The summed E-state index contributed by atoms with van der Waals surface area (Å²) in [7, 11) is 0. The molecule has 0 aliphatic heterocycles. The number of rotatable bonds is 8. The minimum atomic E-state index is -0.340. The summed E-state index contributed by atoms with van der Waals surface area (Å²) in [6.45, 7) is 4.72. The fourth-order valence-electron chi connectivity index (χ4n) is 3.21. The van der Waals surface area contributed by atoms with Gasteiger partial charge in [0, 0.05) is 30.4 Å². The van der Waals surface area contributed by atoms with Gasteiger partial charge in [0.2, 0.25) is 11.8 Å². The van der Waals surface area contributed by atoms with Crippen LogP contribution >= 0.6 is 0 Å². The molecule has 0 spiro atoms. The molecule has 28 heavy (non-hydrogen) atoms. The molecule has 2 aromatic rings. The first kappa shape index (κ1) is 20.0. The molecule has 2 aromatic carbocycles. The van der Waals surface area contributed by atoms with Crippen LogP contribution in [0.1, 0.15) is 30.4 Å². The fourth-order valence-corrected chi connectivity index (χ4v) is 3.21. The Kier molecular flexibility index (Phi) is 6.41. The van der Waals surface area contributed by atoms with Crippen molar-refractivity contribution in [2.75, 3.05) is 23.7 Å². The Bertz CT molecular complexity index is 827. The van der Waals surface area contributed by atoms with Gasteiger partial charge in [-0.2, -0.15) is 0 Å². The maximum Gasteiger partial charge on any atom is 0.238 e. The lowest BCUT2D eigenvalue weighted by molar-refractivity contribution is -0.119. The summed E-state index contributed by atoms with van der Waals surface area (Å²) in [5.41, 5.74) is 3.49. The zero-order valence-electron chi connectivity index (χ0n) is 16.3. The molecule has 2 amide bonds. The van der Waals surface area contributed by atoms with E-state index in [4.69, 9.17) is 0 Å². The van der Waals surface area contributed by atoms with Crippen molar-refractivity contribution in [2.24, 2.45) is 0 Å². The molecule has 0 aromatic heterocycles. The standard InChI is InChI=1S/C22H26FN3O2/c1-15-4-3-5-16(2)22(15)25-21(28)14-26(19-10-11-19)13-12-20(27)24-18-8-6-17(23)7-9-18/h3-9,19H,10-14H2,1-2H3,(H,24,27)(H,25,28). The lowest BCUT2D eigenvalue weighted by Crippen LogP contribution is -2.37. The highest BCUT2D eigenvalue weighted by molar-refractivity contribution is 5.94. The quantitative estimate of drug-likeness (QED) is 0.727. The summed E-state index contributed by atoms with van der Waals surface area (Å²) in [4.78, 5) is 26.8. The molecule has 0 heterocycles. The van der Waals surface area contributed by atoms with Crippen LogP contribution in [0.25, 0.3) is 0 Å². The van der Waals surface area contributed by atoms with Gasteiger partial charge in [0.25, 0.3) is 0 Å². The number of anilines is 2. The number of aryl methyl sites for hydroxylation is 2. The smallest absolute Gasteiger partial charge is 0.238 e. The zero-order chi connectivity index (χ0) is 20.1. The molecule has 148 valence electrons. The number of carbonyl (C=O) groups is 2. The number of nitrogens with one attached hydrogen (secondary N) is 2. The van der Waals surface area contributed by atoms with E-state index in [1.165, 1.54) is 24.3 Å². The Morgan fingerprint density at radius 3 is 2.25 bits per heavy atom. The first-order valence-electron chi connectivity index (χ1n) is 9.58. The molecule has 0 saturated heterocycles. The van der Waals surface area contributed by atoms with Gasteiger partial charge in [0.05, 0.1) is 6.54 Å². The third-order valence-corrected chi connectivity index (χ3v) is 4.91. The number of halogens is 1. The summed E-state index contributed by atoms with van der Waals surface area (Å²) in [6, 6.07) is 12.0. The van der Waals surface area contributed by atoms with E-state index in [9.17, 15) is 14.0 Å². The fraction of sp³-hybridized carbons (Fsp3) is 0.364. The van der Waals surface area contributed by atoms with Crippen LogP contribution in [0, 0.1) is 19.7 Å². The SMILES string of the molecule is Cc1cccc(C)c1NC(=O)CN(CCC(=O)Nc1ccc(F)cc1)C1CC1. The van der Waals surface area contributed by atoms with Crippen molar-refractivity contribution in [2.45, 2.75) is 39.2 Å². The Labute approximate surface area is 164 Å². The van der Waals surface area contributed by atoms with Crippen molar-refractivity contribution in [1.82, 2.24) is 4.90 Å². The largest absolute Gasteiger partial charge is 0.326 e. The maximum atomic E-state index is 12.9. The van der Waals surface area contributed by atoms with Gasteiger partial charge in [-0.15, -0.1) is 0 Å². The second kappa shape index (κ2) is 8.97. The van der Waals surface area contributed by atoms with Crippen molar-refractivity contribution < 1.29 is 14.0 Å². The lowest BCUT2D eigenvalue weighted by atomic mass is 10.1. The van der Waals surface area contributed by atoms with E-state index in [1.54, 1.807) is 0 Å². The molecule has 1 fully saturated rings. The van der Waals surface area contributed by atoms with Crippen LogP contribution in [-0.4, -0.2) is 35.8 Å². The van der Waals surface area contributed by atoms with Crippen LogP contribution in [0.15, 0.2) is 42.5 Å². The van der Waals surface area contributed by atoms with Crippen molar-refractivity contribution in [3.63, 3.8) is 0 Å². The Morgan fingerprint density at radius 1 is 1.00 bits per heavy atom. The van der Waals surface area contributed by atoms with Gasteiger partial charge in [-0.25, -0.2) is 4.39 Å². The molecule has 6 heteroatoms. The van der Waals surface area contributed by atoms with Crippen LogP contribution in [0.5, 0.6) is 0 Å². The van der Waals surface area contributed by atoms with E-state index in [2.05, 4.69) is 15.5 Å². The molecule has 0 unspecified atom stereocenters. The summed E-state index contributed by atoms with van der Waals surface area (Å²) in [6.07, 6.45) is 2.39. The molecule has 2 N–H and O–H groups in total. The van der Waals surface area contributed by atoms with E-state index < -0.39 is 0 Å². The van der Waals surface area contributed by atoms with Gasteiger partial charge in [0.15, 0.2) is 0 Å². The second-order valence-electron chi connectivity index (χ2n) is 7.32. The summed E-state index contributed by atoms with van der Waals surface area (Å²) >= 11 is 0. The number of hydrogen-bond acceptors (Lipinski definition) is 3. The maximum absolute atomic E-state index is 12.9. The Balaban J connectivity index is 1.51. The molecule has 3 rings (SSSR count). The average Bonchev–Trinajstić information content (AvgIpc) is 3.49. The summed E-state index contributed by atoms with van der Waals surface area (Å²) in [5.74, 6) is -0.552. The van der Waals surface area contributed by atoms with E-state index in [0.29, 0.717) is 18.3 Å². The number of hydrogen-bond donors (Lipinski definition) is 2. The van der Waals surface area contributed by atoms with E-state index in [-0.39, 0.29) is 30.6 Å². The minimum Gasteiger partial charge on any atom is -0.326 e. The first-order chi connectivity index (χ1) is 13.4. The molecule has 0 atom stereocenters. The van der Waals surface area contributed by atoms with Crippen LogP contribution < -0.4 is 10.6 Å². The van der Waals surface area contributed by atoms with Crippen molar-refractivity contribution in [3.05, 3.63) is 59.4 Å². The molecule has 1 saturated carbocycles. The third kappa shape index (κ3) is 5.63. The topological polar surface area (TPSA) is 61.4 Å². The molecule has 0 bridgehead atoms. The number of benzene rings is 2. The Morgan fingerprint density at radius 2 is 1.64 bits per heavy atom. The summed E-state index contributed by atoms with van der Waals surface area (Å²) in [5, 5.41) is 5.77. The molecule has 5 nitrogen and oxygen atoms in total. The van der Waals surface area contributed by atoms with Crippen molar-refractivity contribution in [3.8, 4) is 0 Å². The third-order valence-electron chi connectivity index (χ3n) is 4.91. The molecule has 1 aliphatic rings. The number of nitrogens with zero attached hydrogens (tertiary/aromatic N) is 1. The molecule has 1 aliphatic carbocycles. The lowest BCUT2D eigenvalue weighted by Gasteiger charge is -2.22. The first-order valence-corrected chi connectivity index (χ1v) is 9.58. The van der Waals surface area contributed by atoms with Crippen LogP contribution in [0.2, 0.25) is 0 Å². The van der Waals surface area contributed by atoms with E-state index >= 15 is 0 Å². The normalized spacial score (nSPS) is 13.4. The van der Waals surface area contributed by atoms with Crippen LogP contribution in [-0.2, 0) is 9.59 Å². The van der Waals surface area contributed by atoms with E-state index in [1.807, 2.05) is 32.0 Å². The van der Waals surface area contributed by atoms with Gasteiger partial charge in [0.1, 0.15) is 5.82 Å². The van der Waals surface area contributed by atoms with Gasteiger partial charge in [-0.3, -0.25) is 14.5 Å². The van der Waals surface area contributed by atoms with Gasteiger partial charge in [-0.1, -0.05) is 18.2 Å².